The normalized spacial score (nSPS) is 14.5. The van der Waals surface area contributed by atoms with Crippen LogP contribution in [0, 0.1) is 0 Å². The predicted molar refractivity (Wildman–Crippen MR) is 47.0 cm³/mol. The molecule has 1 aliphatic rings. The summed E-state index contributed by atoms with van der Waals surface area (Å²) < 4.78 is 0. The zero-order valence-corrected chi connectivity index (χ0v) is 7.21. The Morgan fingerprint density at radius 3 is 2.54 bits per heavy atom. The topological polar surface area (TPSA) is 47.0 Å². The third kappa shape index (κ3) is 1.17. The largest absolute Gasteiger partial charge is 0.289 e. The first-order valence-electron chi connectivity index (χ1n) is 3.61. The lowest BCUT2D eigenvalue weighted by Gasteiger charge is -2.07. The molecule has 0 N–H and O–H groups in total. The molecule has 0 saturated carbocycles. The van der Waals surface area contributed by atoms with Gasteiger partial charge in [0.15, 0.2) is 5.78 Å². The SMILES string of the molecule is O=C1C=CC(=O)c2c(Cl)ccnc21. The van der Waals surface area contributed by atoms with Gasteiger partial charge in [0.05, 0.1) is 10.6 Å². The Bertz CT molecular complexity index is 437. The smallest absolute Gasteiger partial charge is 0.205 e. The number of hydrogen-bond donors (Lipinski definition) is 0. The van der Waals surface area contributed by atoms with Crippen LogP contribution in [-0.4, -0.2) is 16.6 Å². The summed E-state index contributed by atoms with van der Waals surface area (Å²) in [5.41, 5.74) is 0.344. The van der Waals surface area contributed by atoms with Crippen molar-refractivity contribution in [3.8, 4) is 0 Å². The van der Waals surface area contributed by atoms with E-state index < -0.39 is 0 Å². The van der Waals surface area contributed by atoms with Crippen LogP contribution in [0.1, 0.15) is 20.8 Å². The highest BCUT2D eigenvalue weighted by Crippen LogP contribution is 2.22. The van der Waals surface area contributed by atoms with Crippen molar-refractivity contribution < 1.29 is 9.59 Å². The molecule has 0 spiro atoms. The van der Waals surface area contributed by atoms with Crippen LogP contribution in [0.15, 0.2) is 24.4 Å². The van der Waals surface area contributed by atoms with E-state index >= 15 is 0 Å². The van der Waals surface area contributed by atoms with E-state index in [4.69, 9.17) is 11.6 Å². The number of fused-ring (bicyclic) bond motifs is 1. The van der Waals surface area contributed by atoms with Gasteiger partial charge in [0.1, 0.15) is 5.69 Å². The van der Waals surface area contributed by atoms with Crippen LogP contribution in [0.4, 0.5) is 0 Å². The average Bonchev–Trinajstić information content (AvgIpc) is 2.12. The van der Waals surface area contributed by atoms with Crippen LogP contribution in [0.5, 0.6) is 0 Å². The van der Waals surface area contributed by atoms with Gasteiger partial charge >= 0.3 is 0 Å². The van der Waals surface area contributed by atoms with Crippen molar-refractivity contribution >= 4 is 23.2 Å². The first kappa shape index (κ1) is 8.13. The number of pyridine rings is 1. The Kier molecular flexibility index (Phi) is 1.74. The van der Waals surface area contributed by atoms with Crippen molar-refractivity contribution in [3.05, 3.63) is 40.7 Å². The van der Waals surface area contributed by atoms with Crippen LogP contribution in [0.3, 0.4) is 0 Å². The van der Waals surface area contributed by atoms with E-state index in [9.17, 15) is 9.59 Å². The fourth-order valence-corrected chi connectivity index (χ4v) is 1.41. The van der Waals surface area contributed by atoms with Crippen molar-refractivity contribution in [3.63, 3.8) is 0 Å². The van der Waals surface area contributed by atoms with Gasteiger partial charge in [-0.3, -0.25) is 14.6 Å². The monoisotopic (exact) mass is 193 g/mol. The van der Waals surface area contributed by atoms with Crippen LogP contribution in [0.25, 0.3) is 0 Å². The van der Waals surface area contributed by atoms with Gasteiger partial charge in [0.2, 0.25) is 5.78 Å². The summed E-state index contributed by atoms with van der Waals surface area (Å²) >= 11 is 5.76. The van der Waals surface area contributed by atoms with Crippen LogP contribution in [0.2, 0.25) is 5.02 Å². The van der Waals surface area contributed by atoms with Crippen molar-refractivity contribution in [2.24, 2.45) is 0 Å². The number of nitrogens with zero attached hydrogens (tertiary/aromatic N) is 1. The molecule has 0 radical (unpaired) electrons. The van der Waals surface area contributed by atoms with Gasteiger partial charge < -0.3 is 0 Å². The fourth-order valence-electron chi connectivity index (χ4n) is 1.17. The van der Waals surface area contributed by atoms with Gasteiger partial charge in [-0.05, 0) is 18.2 Å². The Labute approximate surface area is 79.0 Å². The molecule has 0 saturated heterocycles. The number of ketones is 2. The quantitative estimate of drug-likeness (QED) is 0.630. The molecule has 0 unspecified atom stereocenters. The number of hydrogen-bond acceptors (Lipinski definition) is 3. The Morgan fingerprint density at radius 2 is 1.85 bits per heavy atom. The van der Waals surface area contributed by atoms with E-state index in [-0.39, 0.29) is 27.8 Å². The minimum atomic E-state index is -0.280. The molecule has 0 bridgehead atoms. The number of allylic oxidation sites excluding steroid dienone is 2. The van der Waals surface area contributed by atoms with E-state index in [1.165, 1.54) is 24.4 Å². The molecular weight excluding hydrogens is 190 g/mol. The van der Waals surface area contributed by atoms with E-state index in [2.05, 4.69) is 4.98 Å². The molecule has 13 heavy (non-hydrogen) atoms. The summed E-state index contributed by atoms with van der Waals surface area (Å²) in [6, 6.07) is 1.49. The molecule has 0 atom stereocenters. The summed E-state index contributed by atoms with van der Waals surface area (Å²) in [7, 11) is 0. The number of aromatic nitrogens is 1. The van der Waals surface area contributed by atoms with Crippen molar-refractivity contribution in [1.82, 2.24) is 4.98 Å². The summed E-state index contributed by atoms with van der Waals surface area (Å²) in [5, 5.41) is 0.271. The Hall–Kier alpha value is -1.48. The third-order valence-electron chi connectivity index (χ3n) is 1.77. The zero-order valence-electron chi connectivity index (χ0n) is 6.45. The molecule has 1 aliphatic carbocycles. The third-order valence-corrected chi connectivity index (χ3v) is 2.08. The highest BCUT2D eigenvalue weighted by molar-refractivity contribution is 6.36. The molecular formula is C9H4ClNO2. The highest BCUT2D eigenvalue weighted by Gasteiger charge is 2.22. The maximum atomic E-state index is 11.3. The van der Waals surface area contributed by atoms with Gasteiger partial charge in [-0.2, -0.15) is 0 Å². The number of carbonyl (C=O) groups is 2. The molecule has 4 heteroatoms. The van der Waals surface area contributed by atoms with Crippen molar-refractivity contribution in [2.75, 3.05) is 0 Å². The van der Waals surface area contributed by atoms with Gasteiger partial charge in [-0.1, -0.05) is 11.6 Å². The van der Waals surface area contributed by atoms with Gasteiger partial charge in [0, 0.05) is 6.20 Å². The van der Waals surface area contributed by atoms with Crippen LogP contribution in [-0.2, 0) is 0 Å². The molecule has 64 valence electrons. The molecule has 0 fully saturated rings. The molecule has 3 nitrogen and oxygen atoms in total. The van der Waals surface area contributed by atoms with E-state index in [0.29, 0.717) is 0 Å². The summed E-state index contributed by atoms with van der Waals surface area (Å²) in [6.07, 6.45) is 3.82. The second kappa shape index (κ2) is 2.78. The van der Waals surface area contributed by atoms with Crippen LogP contribution >= 0.6 is 11.6 Å². The molecule has 0 aromatic carbocycles. The number of rotatable bonds is 0. The molecule has 2 rings (SSSR count). The van der Waals surface area contributed by atoms with E-state index in [1.807, 2.05) is 0 Å². The molecule has 1 aromatic rings. The van der Waals surface area contributed by atoms with Gasteiger partial charge in [-0.25, -0.2) is 0 Å². The Balaban J connectivity index is 2.76. The fraction of sp³-hybridized carbons (Fsp3) is 0. The first-order valence-corrected chi connectivity index (χ1v) is 3.99. The second-order valence-electron chi connectivity index (χ2n) is 2.58. The van der Waals surface area contributed by atoms with Crippen molar-refractivity contribution in [1.29, 1.82) is 0 Å². The lowest BCUT2D eigenvalue weighted by molar-refractivity contribution is 0.0990. The number of carbonyl (C=O) groups excluding carboxylic acids is 2. The zero-order chi connectivity index (χ0) is 9.42. The minimum absolute atomic E-state index is 0.139. The van der Waals surface area contributed by atoms with Gasteiger partial charge in [-0.15, -0.1) is 0 Å². The summed E-state index contributed by atoms with van der Waals surface area (Å²) in [6.45, 7) is 0. The summed E-state index contributed by atoms with van der Waals surface area (Å²) in [5.74, 6) is -0.551. The molecule has 0 aliphatic heterocycles. The lowest BCUT2D eigenvalue weighted by Crippen LogP contribution is -2.13. The number of halogens is 1. The highest BCUT2D eigenvalue weighted by atomic mass is 35.5. The van der Waals surface area contributed by atoms with Crippen molar-refractivity contribution in [2.45, 2.75) is 0 Å². The predicted octanol–water partition coefficient (Wildman–Crippen LogP) is 1.67. The van der Waals surface area contributed by atoms with Crippen LogP contribution < -0.4 is 0 Å². The maximum Gasteiger partial charge on any atom is 0.205 e. The molecule has 0 amide bonds. The average molecular weight is 194 g/mol. The van der Waals surface area contributed by atoms with E-state index in [0.717, 1.165) is 0 Å². The second-order valence-corrected chi connectivity index (χ2v) is 2.99. The Morgan fingerprint density at radius 1 is 1.15 bits per heavy atom. The molecule has 1 aromatic heterocycles. The maximum absolute atomic E-state index is 11.3. The van der Waals surface area contributed by atoms with Gasteiger partial charge in [0.25, 0.3) is 0 Å². The minimum Gasteiger partial charge on any atom is -0.289 e. The van der Waals surface area contributed by atoms with E-state index in [1.54, 1.807) is 0 Å². The lowest BCUT2D eigenvalue weighted by atomic mass is 10.0. The summed E-state index contributed by atoms with van der Waals surface area (Å²) in [4.78, 5) is 26.3. The first-order chi connectivity index (χ1) is 6.20. The molecule has 1 heterocycles. The standard InChI is InChI=1S/C9H4ClNO2/c10-5-3-4-11-9-7(13)2-1-6(12)8(5)9/h1-4H.